The lowest BCUT2D eigenvalue weighted by atomic mass is 10.2. The van der Waals surface area contributed by atoms with Gasteiger partial charge >= 0.3 is 0 Å². The van der Waals surface area contributed by atoms with Crippen molar-refractivity contribution in [3.63, 3.8) is 0 Å². The zero-order valence-electron chi connectivity index (χ0n) is 6.66. The summed E-state index contributed by atoms with van der Waals surface area (Å²) in [7, 11) is 0. The maximum absolute atomic E-state index is 5.80. The molecule has 1 aliphatic rings. The third-order valence-corrected chi connectivity index (χ3v) is 3.43. The molecule has 1 aromatic heterocycles. The Labute approximate surface area is 71.2 Å². The van der Waals surface area contributed by atoms with E-state index < -0.39 is 0 Å². The lowest BCUT2D eigenvalue weighted by Gasteiger charge is -2.00. The van der Waals surface area contributed by atoms with Crippen molar-refractivity contribution in [3.05, 3.63) is 22.4 Å². The first kappa shape index (κ1) is 7.32. The molecule has 60 valence electrons. The Morgan fingerprint density at radius 2 is 2.55 bits per heavy atom. The average molecular weight is 167 g/mol. The van der Waals surface area contributed by atoms with Gasteiger partial charge in [-0.15, -0.1) is 11.3 Å². The first-order chi connectivity index (χ1) is 5.29. The monoisotopic (exact) mass is 167 g/mol. The molecule has 1 fully saturated rings. The molecule has 1 heterocycles. The van der Waals surface area contributed by atoms with Crippen LogP contribution in [0.1, 0.15) is 24.1 Å². The van der Waals surface area contributed by atoms with Crippen LogP contribution >= 0.6 is 11.3 Å². The minimum atomic E-state index is 0.377. The van der Waals surface area contributed by atoms with Gasteiger partial charge in [0.1, 0.15) is 0 Å². The molecule has 1 nitrogen and oxygen atoms in total. The predicted molar refractivity (Wildman–Crippen MR) is 48.8 cm³/mol. The Bertz CT molecular complexity index is 228. The summed E-state index contributed by atoms with van der Waals surface area (Å²) in [6, 6.07) is 4.72. The molecule has 0 aliphatic heterocycles. The van der Waals surface area contributed by atoms with Crippen molar-refractivity contribution in [2.24, 2.45) is 11.7 Å². The van der Waals surface area contributed by atoms with E-state index >= 15 is 0 Å². The van der Waals surface area contributed by atoms with Crippen LogP contribution in [0, 0.1) is 5.92 Å². The largest absolute Gasteiger partial charge is 0.328 e. The molecule has 2 heteroatoms. The van der Waals surface area contributed by atoms with Crippen molar-refractivity contribution < 1.29 is 0 Å². The molecule has 2 N–H and O–H groups in total. The number of nitrogens with two attached hydrogens (primary N) is 1. The maximum atomic E-state index is 5.80. The molecule has 0 unspecified atom stereocenters. The van der Waals surface area contributed by atoms with Crippen molar-refractivity contribution in [1.29, 1.82) is 0 Å². The fourth-order valence-corrected chi connectivity index (χ4v) is 2.54. The molecule has 1 saturated carbocycles. The normalized spacial score (nSPS) is 31.8. The fraction of sp³-hybridized carbons (Fsp3) is 0.556. The van der Waals surface area contributed by atoms with E-state index in [1.807, 2.05) is 11.3 Å². The molecule has 1 aromatic rings. The van der Waals surface area contributed by atoms with Crippen LogP contribution in [0.3, 0.4) is 0 Å². The molecule has 0 aromatic carbocycles. The Morgan fingerprint density at radius 3 is 3.00 bits per heavy atom. The van der Waals surface area contributed by atoms with Gasteiger partial charge in [-0.3, -0.25) is 0 Å². The predicted octanol–water partition coefficient (Wildman–Crippen LogP) is 2.20. The number of rotatable bonds is 2. The topological polar surface area (TPSA) is 26.0 Å². The second-order valence-electron chi connectivity index (χ2n) is 3.38. The maximum Gasteiger partial charge on any atom is 0.00796 e. The Morgan fingerprint density at radius 1 is 1.73 bits per heavy atom. The summed E-state index contributed by atoms with van der Waals surface area (Å²) in [4.78, 5) is 1.52. The summed E-state index contributed by atoms with van der Waals surface area (Å²) >= 11 is 1.86. The third-order valence-electron chi connectivity index (χ3n) is 2.42. The van der Waals surface area contributed by atoms with E-state index in [1.165, 1.54) is 11.3 Å². The molecule has 0 saturated heterocycles. The third kappa shape index (κ3) is 1.33. The van der Waals surface area contributed by atoms with Crippen molar-refractivity contribution in [1.82, 2.24) is 0 Å². The molecule has 2 rings (SSSR count). The summed E-state index contributed by atoms with van der Waals surface area (Å²) < 4.78 is 0. The van der Waals surface area contributed by atoms with Crippen molar-refractivity contribution in [2.75, 3.05) is 0 Å². The summed E-state index contributed by atoms with van der Waals surface area (Å²) in [6.45, 7) is 2.11. The lowest BCUT2D eigenvalue weighted by molar-refractivity contribution is 0.633. The standard InChI is InChI=1S/C9H13NS/c1-6(10)7-5-8(7)9-3-2-4-11-9/h2-4,6-8H,5,10H2,1H3/t6-,7+,8+/m0/s1. The van der Waals surface area contributed by atoms with Gasteiger partial charge in [0.25, 0.3) is 0 Å². The number of hydrogen-bond acceptors (Lipinski definition) is 2. The molecule has 1 aliphatic carbocycles. The summed E-state index contributed by atoms with van der Waals surface area (Å²) in [5.74, 6) is 1.55. The smallest absolute Gasteiger partial charge is 0.00796 e. The first-order valence-electron chi connectivity index (χ1n) is 4.08. The van der Waals surface area contributed by atoms with Gasteiger partial charge in [0.15, 0.2) is 0 Å². The highest BCUT2D eigenvalue weighted by atomic mass is 32.1. The Kier molecular flexibility index (Phi) is 1.74. The van der Waals surface area contributed by atoms with Crippen LogP contribution in [0.2, 0.25) is 0 Å². The van der Waals surface area contributed by atoms with Crippen LogP contribution in [0.4, 0.5) is 0 Å². The number of thiophene rings is 1. The Balaban J connectivity index is 2.02. The first-order valence-corrected chi connectivity index (χ1v) is 4.96. The summed E-state index contributed by atoms with van der Waals surface area (Å²) in [5.41, 5.74) is 5.80. The van der Waals surface area contributed by atoms with Gasteiger partial charge in [-0.2, -0.15) is 0 Å². The average Bonchev–Trinajstić information content (AvgIpc) is 2.60. The molecule has 0 bridgehead atoms. The van der Waals surface area contributed by atoms with E-state index in [1.54, 1.807) is 0 Å². The molecular weight excluding hydrogens is 154 g/mol. The number of hydrogen-bond donors (Lipinski definition) is 1. The van der Waals surface area contributed by atoms with Crippen molar-refractivity contribution in [3.8, 4) is 0 Å². The van der Waals surface area contributed by atoms with E-state index in [9.17, 15) is 0 Å². The molecular formula is C9H13NS. The fourth-order valence-electron chi connectivity index (χ4n) is 1.63. The van der Waals surface area contributed by atoms with E-state index in [0.717, 1.165) is 11.8 Å². The minimum Gasteiger partial charge on any atom is -0.328 e. The van der Waals surface area contributed by atoms with Crippen molar-refractivity contribution >= 4 is 11.3 Å². The van der Waals surface area contributed by atoms with Gasteiger partial charge in [0, 0.05) is 10.9 Å². The molecule has 0 amide bonds. The minimum absolute atomic E-state index is 0.377. The van der Waals surface area contributed by atoms with Gasteiger partial charge in [-0.1, -0.05) is 6.07 Å². The summed E-state index contributed by atoms with van der Waals surface area (Å²) in [5, 5.41) is 2.14. The van der Waals surface area contributed by atoms with E-state index in [4.69, 9.17) is 5.73 Å². The van der Waals surface area contributed by atoms with Crippen LogP contribution < -0.4 is 5.73 Å². The second-order valence-corrected chi connectivity index (χ2v) is 4.36. The highest BCUT2D eigenvalue weighted by Gasteiger charge is 2.41. The molecule has 0 radical (unpaired) electrons. The van der Waals surface area contributed by atoms with Crippen LogP contribution in [0.5, 0.6) is 0 Å². The van der Waals surface area contributed by atoms with Crippen LogP contribution in [0.25, 0.3) is 0 Å². The van der Waals surface area contributed by atoms with Crippen LogP contribution in [-0.2, 0) is 0 Å². The van der Waals surface area contributed by atoms with Gasteiger partial charge in [-0.05, 0) is 36.6 Å². The van der Waals surface area contributed by atoms with E-state index in [2.05, 4.69) is 24.4 Å². The highest BCUT2D eigenvalue weighted by Crippen LogP contribution is 2.50. The van der Waals surface area contributed by atoms with Gasteiger partial charge in [0.05, 0.1) is 0 Å². The highest BCUT2D eigenvalue weighted by molar-refractivity contribution is 7.10. The molecule has 11 heavy (non-hydrogen) atoms. The SMILES string of the molecule is C[C@H](N)[C@H]1C[C@H]1c1cccs1. The van der Waals surface area contributed by atoms with Crippen LogP contribution in [0.15, 0.2) is 17.5 Å². The quantitative estimate of drug-likeness (QED) is 0.718. The zero-order valence-corrected chi connectivity index (χ0v) is 7.47. The molecule has 3 atom stereocenters. The van der Waals surface area contributed by atoms with Crippen molar-refractivity contribution in [2.45, 2.75) is 25.3 Å². The lowest BCUT2D eigenvalue weighted by Crippen LogP contribution is -2.17. The van der Waals surface area contributed by atoms with E-state index in [0.29, 0.717) is 6.04 Å². The van der Waals surface area contributed by atoms with Gasteiger partial charge < -0.3 is 5.73 Å². The van der Waals surface area contributed by atoms with Crippen LogP contribution in [-0.4, -0.2) is 6.04 Å². The summed E-state index contributed by atoms with van der Waals surface area (Å²) in [6.07, 6.45) is 1.30. The van der Waals surface area contributed by atoms with Gasteiger partial charge in [-0.25, -0.2) is 0 Å². The second kappa shape index (κ2) is 2.61. The zero-order chi connectivity index (χ0) is 7.84. The van der Waals surface area contributed by atoms with E-state index in [-0.39, 0.29) is 0 Å². The molecule has 0 spiro atoms. The Hall–Kier alpha value is -0.340. The van der Waals surface area contributed by atoms with Gasteiger partial charge in [0.2, 0.25) is 0 Å².